The lowest BCUT2D eigenvalue weighted by Crippen LogP contribution is -2.02. The van der Waals surface area contributed by atoms with Crippen molar-refractivity contribution >= 4 is 17.7 Å². The van der Waals surface area contributed by atoms with Crippen molar-refractivity contribution in [1.82, 2.24) is 0 Å². The smallest absolute Gasteiger partial charge is 0.306 e. The van der Waals surface area contributed by atoms with E-state index in [9.17, 15) is 9.90 Å². The van der Waals surface area contributed by atoms with Crippen LogP contribution in [-0.4, -0.2) is 23.9 Å². The van der Waals surface area contributed by atoms with Crippen LogP contribution in [0.1, 0.15) is 30.6 Å². The van der Waals surface area contributed by atoms with Gasteiger partial charge in [-0.15, -0.1) is 11.8 Å². The Kier molecular flexibility index (Phi) is 5.69. The van der Waals surface area contributed by atoms with E-state index in [-0.39, 0.29) is 5.97 Å². The average Bonchev–Trinajstić information content (AvgIpc) is 2.37. The van der Waals surface area contributed by atoms with Crippen molar-refractivity contribution in [2.24, 2.45) is 0 Å². The quantitative estimate of drug-likeness (QED) is 0.653. The molecule has 1 rings (SSSR count). The molecule has 0 saturated heterocycles. The molecule has 18 heavy (non-hydrogen) atoms. The minimum absolute atomic E-state index is 0.266. The first-order valence-corrected chi connectivity index (χ1v) is 6.48. The fourth-order valence-corrected chi connectivity index (χ4v) is 2.52. The predicted molar refractivity (Wildman–Crippen MR) is 69.1 cm³/mol. The first-order chi connectivity index (χ1) is 8.58. The molecule has 0 fully saturated rings. The van der Waals surface area contributed by atoms with Crippen molar-refractivity contribution in [2.45, 2.75) is 24.3 Å². The molecule has 1 atom stereocenters. The van der Waals surface area contributed by atoms with Crippen LogP contribution in [0.5, 0.6) is 0 Å². The van der Waals surface area contributed by atoms with Crippen molar-refractivity contribution in [3.63, 3.8) is 0 Å². The van der Waals surface area contributed by atoms with Gasteiger partial charge in [0.05, 0.1) is 31.3 Å². The van der Waals surface area contributed by atoms with Gasteiger partial charge in [0.1, 0.15) is 0 Å². The number of esters is 1. The SMILES string of the molecule is COC(=O)CCSc1cc(C#N)ccc1[C@H](C)O. The average molecular weight is 265 g/mol. The molecule has 0 spiro atoms. The molecule has 0 saturated carbocycles. The molecule has 4 nitrogen and oxygen atoms in total. The van der Waals surface area contributed by atoms with Gasteiger partial charge in [-0.25, -0.2) is 0 Å². The Morgan fingerprint density at radius 3 is 2.89 bits per heavy atom. The zero-order valence-corrected chi connectivity index (χ0v) is 11.2. The molecule has 0 aliphatic rings. The molecule has 96 valence electrons. The highest BCUT2D eigenvalue weighted by atomic mass is 32.2. The summed E-state index contributed by atoms with van der Waals surface area (Å²) in [4.78, 5) is 11.8. The summed E-state index contributed by atoms with van der Waals surface area (Å²) in [6.07, 6.45) is -0.296. The number of nitrogens with zero attached hydrogens (tertiary/aromatic N) is 1. The number of ether oxygens (including phenoxy) is 1. The molecule has 5 heteroatoms. The summed E-state index contributed by atoms with van der Waals surface area (Å²) in [6, 6.07) is 7.20. The summed E-state index contributed by atoms with van der Waals surface area (Å²) in [5.41, 5.74) is 1.31. The van der Waals surface area contributed by atoms with E-state index in [2.05, 4.69) is 10.8 Å². The lowest BCUT2D eigenvalue weighted by molar-refractivity contribution is -0.140. The predicted octanol–water partition coefficient (Wildman–Crippen LogP) is 2.27. The van der Waals surface area contributed by atoms with E-state index in [4.69, 9.17) is 5.26 Å². The summed E-state index contributed by atoms with van der Waals surface area (Å²) in [5.74, 6) is 0.291. The topological polar surface area (TPSA) is 70.3 Å². The van der Waals surface area contributed by atoms with E-state index >= 15 is 0 Å². The maximum Gasteiger partial charge on any atom is 0.306 e. The lowest BCUT2D eigenvalue weighted by atomic mass is 10.1. The standard InChI is InChI=1S/C13H15NO3S/c1-9(15)11-4-3-10(8-14)7-12(11)18-6-5-13(16)17-2/h3-4,7,9,15H,5-6H2,1-2H3/t9-/m0/s1. The summed E-state index contributed by atoms with van der Waals surface area (Å²) in [7, 11) is 1.35. The van der Waals surface area contributed by atoms with Gasteiger partial charge >= 0.3 is 5.97 Å². The molecule has 0 radical (unpaired) electrons. The summed E-state index contributed by atoms with van der Waals surface area (Å²) in [5, 5.41) is 18.5. The molecule has 1 aromatic carbocycles. The molecule has 1 N–H and O–H groups in total. The highest BCUT2D eigenvalue weighted by Gasteiger charge is 2.10. The highest BCUT2D eigenvalue weighted by Crippen LogP contribution is 2.29. The molecule has 1 aromatic rings. The van der Waals surface area contributed by atoms with E-state index in [1.165, 1.54) is 18.9 Å². The maximum atomic E-state index is 11.0. The second-order valence-corrected chi connectivity index (χ2v) is 4.85. The maximum absolute atomic E-state index is 11.0. The van der Waals surface area contributed by atoms with Gasteiger partial charge in [0, 0.05) is 10.6 Å². The van der Waals surface area contributed by atoms with E-state index in [0.29, 0.717) is 17.7 Å². The molecule has 0 amide bonds. The van der Waals surface area contributed by atoms with Gasteiger partial charge in [-0.1, -0.05) is 6.07 Å². The van der Waals surface area contributed by atoms with Gasteiger partial charge < -0.3 is 9.84 Å². The summed E-state index contributed by atoms with van der Waals surface area (Å²) < 4.78 is 4.56. The molecule has 0 heterocycles. The van der Waals surface area contributed by atoms with Gasteiger partial charge in [0.15, 0.2) is 0 Å². The van der Waals surface area contributed by atoms with E-state index in [0.717, 1.165) is 10.5 Å². The van der Waals surface area contributed by atoms with Gasteiger partial charge in [-0.3, -0.25) is 4.79 Å². The van der Waals surface area contributed by atoms with E-state index < -0.39 is 6.10 Å². The van der Waals surface area contributed by atoms with Crippen LogP contribution in [0.2, 0.25) is 0 Å². The highest BCUT2D eigenvalue weighted by molar-refractivity contribution is 7.99. The number of rotatable bonds is 5. The van der Waals surface area contributed by atoms with Crippen LogP contribution in [0.3, 0.4) is 0 Å². The van der Waals surface area contributed by atoms with Crippen molar-refractivity contribution in [2.75, 3.05) is 12.9 Å². The van der Waals surface area contributed by atoms with Gasteiger partial charge in [-0.05, 0) is 24.6 Å². The number of methoxy groups -OCH3 is 1. The zero-order chi connectivity index (χ0) is 13.5. The molecule has 0 aliphatic carbocycles. The molecular weight excluding hydrogens is 250 g/mol. The lowest BCUT2D eigenvalue weighted by Gasteiger charge is -2.11. The normalized spacial score (nSPS) is 11.7. The monoisotopic (exact) mass is 265 g/mol. The molecular formula is C13H15NO3S. The number of thioether (sulfide) groups is 1. The number of benzene rings is 1. The minimum atomic E-state index is -0.599. The first-order valence-electron chi connectivity index (χ1n) is 5.50. The summed E-state index contributed by atoms with van der Waals surface area (Å²) >= 11 is 1.44. The largest absolute Gasteiger partial charge is 0.469 e. The second-order valence-electron chi connectivity index (χ2n) is 3.71. The van der Waals surface area contributed by atoms with Gasteiger partial charge in [0.2, 0.25) is 0 Å². The van der Waals surface area contributed by atoms with Gasteiger partial charge in [0.25, 0.3) is 0 Å². The number of hydrogen-bond donors (Lipinski definition) is 1. The van der Waals surface area contributed by atoms with Crippen LogP contribution in [0, 0.1) is 11.3 Å². The third-order valence-corrected chi connectivity index (χ3v) is 3.46. The Morgan fingerprint density at radius 1 is 1.61 bits per heavy atom. The number of aliphatic hydroxyl groups excluding tert-OH is 1. The van der Waals surface area contributed by atoms with Crippen LogP contribution in [0.15, 0.2) is 23.1 Å². The number of nitriles is 1. The Morgan fingerprint density at radius 2 is 2.33 bits per heavy atom. The van der Waals surface area contributed by atoms with Crippen LogP contribution in [-0.2, 0) is 9.53 Å². The number of carbonyl (C=O) groups excluding carboxylic acids is 1. The van der Waals surface area contributed by atoms with Crippen molar-refractivity contribution in [3.05, 3.63) is 29.3 Å². The summed E-state index contributed by atoms with van der Waals surface area (Å²) in [6.45, 7) is 1.67. The Labute approximate surface area is 111 Å². The van der Waals surface area contributed by atoms with Crippen molar-refractivity contribution in [3.8, 4) is 6.07 Å². The molecule has 0 aromatic heterocycles. The fraction of sp³-hybridized carbons (Fsp3) is 0.385. The zero-order valence-electron chi connectivity index (χ0n) is 10.3. The number of aliphatic hydroxyl groups is 1. The first kappa shape index (κ1) is 14.6. The fourth-order valence-electron chi connectivity index (χ4n) is 1.42. The number of hydrogen-bond acceptors (Lipinski definition) is 5. The Balaban J connectivity index is 2.78. The third kappa shape index (κ3) is 4.06. The third-order valence-electron chi connectivity index (χ3n) is 2.38. The van der Waals surface area contributed by atoms with E-state index in [1.54, 1.807) is 25.1 Å². The van der Waals surface area contributed by atoms with Crippen molar-refractivity contribution in [1.29, 1.82) is 5.26 Å². The van der Waals surface area contributed by atoms with Crippen LogP contribution >= 0.6 is 11.8 Å². The van der Waals surface area contributed by atoms with E-state index in [1.807, 2.05) is 0 Å². The molecule has 0 unspecified atom stereocenters. The van der Waals surface area contributed by atoms with Crippen LogP contribution in [0.25, 0.3) is 0 Å². The van der Waals surface area contributed by atoms with Gasteiger partial charge in [-0.2, -0.15) is 5.26 Å². The Bertz CT molecular complexity index is 466. The second kappa shape index (κ2) is 7.04. The Hall–Kier alpha value is -1.51. The molecule has 0 bridgehead atoms. The van der Waals surface area contributed by atoms with Crippen molar-refractivity contribution < 1.29 is 14.6 Å². The van der Waals surface area contributed by atoms with Crippen LogP contribution < -0.4 is 0 Å². The number of carbonyl (C=O) groups is 1. The van der Waals surface area contributed by atoms with Crippen LogP contribution in [0.4, 0.5) is 0 Å². The molecule has 0 aliphatic heterocycles. The minimum Gasteiger partial charge on any atom is -0.469 e.